The van der Waals surface area contributed by atoms with Crippen molar-refractivity contribution in [2.45, 2.75) is 51.6 Å². The SMILES string of the molecule is C=CCC(=O)[C@@H](CCCCCC)[C@H](O)c1ccccc1. The van der Waals surface area contributed by atoms with Crippen LogP contribution in [-0.4, -0.2) is 10.9 Å². The Hall–Kier alpha value is -1.41. The highest BCUT2D eigenvalue weighted by atomic mass is 16.3. The Labute approximate surface area is 122 Å². The Morgan fingerprint density at radius 1 is 1.25 bits per heavy atom. The largest absolute Gasteiger partial charge is 0.388 e. The summed E-state index contributed by atoms with van der Waals surface area (Å²) in [6.07, 6.45) is 6.48. The van der Waals surface area contributed by atoms with Gasteiger partial charge in [-0.25, -0.2) is 0 Å². The van der Waals surface area contributed by atoms with Crippen molar-refractivity contribution in [2.75, 3.05) is 0 Å². The van der Waals surface area contributed by atoms with E-state index in [0.717, 1.165) is 24.8 Å². The summed E-state index contributed by atoms with van der Waals surface area (Å²) in [5, 5.41) is 10.5. The van der Waals surface area contributed by atoms with E-state index in [1.54, 1.807) is 6.08 Å². The van der Waals surface area contributed by atoms with Crippen LogP contribution >= 0.6 is 0 Å². The predicted molar refractivity (Wildman–Crippen MR) is 83.5 cm³/mol. The molecule has 110 valence electrons. The molecule has 0 unspecified atom stereocenters. The van der Waals surface area contributed by atoms with Gasteiger partial charge in [-0.1, -0.05) is 69.0 Å². The van der Waals surface area contributed by atoms with Crippen molar-refractivity contribution in [1.29, 1.82) is 0 Å². The fourth-order valence-electron chi connectivity index (χ4n) is 2.46. The zero-order valence-electron chi connectivity index (χ0n) is 12.4. The van der Waals surface area contributed by atoms with Crippen LogP contribution < -0.4 is 0 Å². The van der Waals surface area contributed by atoms with E-state index in [0.29, 0.717) is 6.42 Å². The fourth-order valence-corrected chi connectivity index (χ4v) is 2.46. The average Bonchev–Trinajstić information content (AvgIpc) is 2.48. The number of aliphatic hydroxyl groups is 1. The topological polar surface area (TPSA) is 37.3 Å². The maximum atomic E-state index is 12.2. The Bertz CT molecular complexity index is 397. The number of unbranched alkanes of at least 4 members (excludes halogenated alkanes) is 3. The molecule has 2 atom stereocenters. The van der Waals surface area contributed by atoms with Crippen LogP contribution in [0.4, 0.5) is 0 Å². The van der Waals surface area contributed by atoms with Crippen molar-refractivity contribution in [2.24, 2.45) is 5.92 Å². The van der Waals surface area contributed by atoms with E-state index in [4.69, 9.17) is 0 Å². The van der Waals surface area contributed by atoms with Gasteiger partial charge in [0.25, 0.3) is 0 Å². The van der Waals surface area contributed by atoms with Crippen molar-refractivity contribution >= 4 is 5.78 Å². The molecule has 0 aliphatic rings. The molecular formula is C18H26O2. The Morgan fingerprint density at radius 3 is 2.55 bits per heavy atom. The van der Waals surface area contributed by atoms with E-state index in [1.807, 2.05) is 30.3 Å². The van der Waals surface area contributed by atoms with Gasteiger partial charge in [0.1, 0.15) is 5.78 Å². The number of carbonyl (C=O) groups excluding carboxylic acids is 1. The molecule has 0 aromatic heterocycles. The van der Waals surface area contributed by atoms with Crippen molar-refractivity contribution in [3.63, 3.8) is 0 Å². The molecule has 20 heavy (non-hydrogen) atoms. The van der Waals surface area contributed by atoms with Crippen LogP contribution in [0.2, 0.25) is 0 Å². The highest BCUT2D eigenvalue weighted by Gasteiger charge is 2.26. The van der Waals surface area contributed by atoms with Gasteiger partial charge in [0.15, 0.2) is 0 Å². The molecule has 2 nitrogen and oxygen atoms in total. The summed E-state index contributed by atoms with van der Waals surface area (Å²) >= 11 is 0. The van der Waals surface area contributed by atoms with E-state index in [2.05, 4.69) is 13.5 Å². The molecule has 2 heteroatoms. The predicted octanol–water partition coefficient (Wildman–Crippen LogP) is 4.45. The zero-order chi connectivity index (χ0) is 14.8. The van der Waals surface area contributed by atoms with Crippen molar-refractivity contribution in [3.05, 3.63) is 48.6 Å². The molecule has 0 aliphatic carbocycles. The number of aliphatic hydroxyl groups excluding tert-OH is 1. The highest BCUT2D eigenvalue weighted by molar-refractivity contribution is 5.83. The van der Waals surface area contributed by atoms with Crippen LogP contribution in [-0.2, 0) is 4.79 Å². The van der Waals surface area contributed by atoms with Gasteiger partial charge in [0.05, 0.1) is 6.10 Å². The first kappa shape index (κ1) is 16.6. The maximum absolute atomic E-state index is 12.2. The Morgan fingerprint density at radius 2 is 1.95 bits per heavy atom. The molecule has 0 saturated carbocycles. The first-order chi connectivity index (χ1) is 9.70. The summed E-state index contributed by atoms with van der Waals surface area (Å²) in [5.41, 5.74) is 0.824. The summed E-state index contributed by atoms with van der Waals surface area (Å²) in [7, 11) is 0. The normalized spacial score (nSPS) is 13.7. The smallest absolute Gasteiger partial charge is 0.142 e. The lowest BCUT2D eigenvalue weighted by molar-refractivity contribution is -0.126. The van der Waals surface area contributed by atoms with E-state index < -0.39 is 6.10 Å². The third kappa shape index (κ3) is 5.30. The lowest BCUT2D eigenvalue weighted by Crippen LogP contribution is -2.22. The van der Waals surface area contributed by atoms with Gasteiger partial charge in [-0.3, -0.25) is 4.79 Å². The first-order valence-corrected chi connectivity index (χ1v) is 7.57. The minimum absolute atomic E-state index is 0.0906. The van der Waals surface area contributed by atoms with Gasteiger partial charge in [0, 0.05) is 12.3 Å². The number of rotatable bonds is 10. The van der Waals surface area contributed by atoms with Gasteiger partial charge in [-0.2, -0.15) is 0 Å². The molecule has 0 radical (unpaired) electrons. The highest BCUT2D eigenvalue weighted by Crippen LogP contribution is 2.28. The minimum atomic E-state index is -0.703. The van der Waals surface area contributed by atoms with Gasteiger partial charge >= 0.3 is 0 Å². The van der Waals surface area contributed by atoms with E-state index >= 15 is 0 Å². The molecule has 0 aliphatic heterocycles. The van der Waals surface area contributed by atoms with E-state index in [9.17, 15) is 9.90 Å². The number of Topliss-reactive ketones (excluding diaryl/α,β-unsaturated/α-hetero) is 1. The molecule has 0 amide bonds. The number of ketones is 1. The minimum Gasteiger partial charge on any atom is -0.388 e. The van der Waals surface area contributed by atoms with Crippen molar-refractivity contribution < 1.29 is 9.90 Å². The van der Waals surface area contributed by atoms with Crippen LogP contribution in [0.5, 0.6) is 0 Å². The molecule has 1 rings (SSSR count). The lowest BCUT2D eigenvalue weighted by Gasteiger charge is -2.22. The van der Waals surface area contributed by atoms with Crippen molar-refractivity contribution in [3.8, 4) is 0 Å². The van der Waals surface area contributed by atoms with Crippen LogP contribution in [0.15, 0.2) is 43.0 Å². The van der Waals surface area contributed by atoms with Crippen LogP contribution in [0, 0.1) is 5.92 Å². The maximum Gasteiger partial charge on any atom is 0.142 e. The third-order valence-electron chi connectivity index (χ3n) is 3.65. The van der Waals surface area contributed by atoms with Crippen LogP contribution in [0.25, 0.3) is 0 Å². The second kappa shape index (κ2) is 9.49. The van der Waals surface area contributed by atoms with Gasteiger partial charge in [0.2, 0.25) is 0 Å². The molecule has 0 heterocycles. The first-order valence-electron chi connectivity index (χ1n) is 7.57. The number of carbonyl (C=O) groups is 1. The van der Waals surface area contributed by atoms with Gasteiger partial charge < -0.3 is 5.11 Å². The van der Waals surface area contributed by atoms with Gasteiger partial charge in [-0.05, 0) is 12.0 Å². The molecule has 1 N–H and O–H groups in total. The molecule has 0 bridgehead atoms. The second-order valence-electron chi connectivity index (χ2n) is 5.27. The fraction of sp³-hybridized carbons (Fsp3) is 0.500. The van der Waals surface area contributed by atoms with Crippen LogP contribution in [0.1, 0.15) is 57.1 Å². The summed E-state index contributed by atoms with van der Waals surface area (Å²) < 4.78 is 0. The Kier molecular flexibility index (Phi) is 7.89. The quantitative estimate of drug-likeness (QED) is 0.505. The molecule has 0 fully saturated rings. The summed E-state index contributed by atoms with van der Waals surface area (Å²) in [4.78, 5) is 12.2. The number of benzene rings is 1. The number of hydrogen-bond donors (Lipinski definition) is 1. The lowest BCUT2D eigenvalue weighted by atomic mass is 9.86. The van der Waals surface area contributed by atoms with Gasteiger partial charge in [-0.15, -0.1) is 6.58 Å². The second-order valence-corrected chi connectivity index (χ2v) is 5.27. The molecule has 0 spiro atoms. The number of allylic oxidation sites excluding steroid dienone is 1. The third-order valence-corrected chi connectivity index (χ3v) is 3.65. The van der Waals surface area contributed by atoms with E-state index in [1.165, 1.54) is 12.8 Å². The summed E-state index contributed by atoms with van der Waals surface area (Å²) in [5.74, 6) is -0.222. The molecular weight excluding hydrogens is 248 g/mol. The average molecular weight is 274 g/mol. The summed E-state index contributed by atoms with van der Waals surface area (Å²) in [6, 6.07) is 9.46. The molecule has 1 aromatic rings. The Balaban J connectivity index is 2.70. The standard InChI is InChI=1S/C18H26O2/c1-3-5-6-10-14-16(17(19)11-4-2)18(20)15-12-8-7-9-13-15/h4,7-9,12-13,16,18,20H,2-3,5-6,10-11,14H2,1H3/t16-,18-/m1/s1. The summed E-state index contributed by atoms with van der Waals surface area (Å²) in [6.45, 7) is 5.79. The van der Waals surface area contributed by atoms with E-state index in [-0.39, 0.29) is 11.7 Å². The molecule has 1 aromatic carbocycles. The van der Waals surface area contributed by atoms with Crippen LogP contribution in [0.3, 0.4) is 0 Å². The monoisotopic (exact) mass is 274 g/mol. The van der Waals surface area contributed by atoms with Crippen molar-refractivity contribution in [1.82, 2.24) is 0 Å². The number of hydrogen-bond acceptors (Lipinski definition) is 2. The molecule has 0 saturated heterocycles. The zero-order valence-corrected chi connectivity index (χ0v) is 12.4.